The quantitative estimate of drug-likeness (QED) is 0.656. The molecule has 3 N–H and O–H groups in total. The lowest BCUT2D eigenvalue weighted by molar-refractivity contribution is 0.346. The molecule has 0 bridgehead atoms. The smallest absolute Gasteiger partial charge is 0.145 e. The Morgan fingerprint density at radius 1 is 1.19 bits per heavy atom. The topological polar surface area (TPSA) is 85.2 Å². The van der Waals surface area contributed by atoms with Crippen molar-refractivity contribution >= 4 is 22.4 Å². The number of benzene rings is 2. The summed E-state index contributed by atoms with van der Waals surface area (Å²) in [5.41, 5.74) is 5.62. The van der Waals surface area contributed by atoms with E-state index in [0.29, 0.717) is 24.5 Å². The second kappa shape index (κ2) is 6.46. The molecule has 0 aliphatic carbocycles. The molecule has 1 aliphatic rings. The Morgan fingerprint density at radius 3 is 2.59 bits per heavy atom. The number of aromatic nitrogens is 2. The maximum Gasteiger partial charge on any atom is 0.145 e. The highest BCUT2D eigenvalue weighted by Gasteiger charge is 2.30. The molecule has 1 aromatic heterocycles. The van der Waals surface area contributed by atoms with E-state index in [4.69, 9.17) is 10.1 Å². The highest BCUT2D eigenvalue weighted by molar-refractivity contribution is 6.23. The monoisotopic (exact) mass is 362 g/mol. The number of aromatic amines is 1. The normalized spacial score (nSPS) is 14.5. The highest BCUT2D eigenvalue weighted by atomic mass is 16.5. The SMILES string of the molecule is COc1ccc(CN2CC(O)=C(c3nc4cc(C)c(C)cc4[nH]3)C2=N)cc1. The number of aryl methyl sites for hydroxylation is 2. The van der Waals surface area contributed by atoms with Gasteiger partial charge < -0.3 is 19.7 Å². The largest absolute Gasteiger partial charge is 0.510 e. The van der Waals surface area contributed by atoms with E-state index in [-0.39, 0.29) is 11.6 Å². The number of nitrogens with zero attached hydrogens (tertiary/aromatic N) is 2. The second-order valence-corrected chi connectivity index (χ2v) is 6.91. The molecule has 0 amide bonds. The van der Waals surface area contributed by atoms with Crippen molar-refractivity contribution in [3.8, 4) is 5.75 Å². The summed E-state index contributed by atoms with van der Waals surface area (Å²) in [6.07, 6.45) is 0. The van der Waals surface area contributed by atoms with Crippen molar-refractivity contribution in [3.05, 3.63) is 64.7 Å². The number of nitrogens with one attached hydrogen (secondary N) is 2. The van der Waals surface area contributed by atoms with Crippen molar-refractivity contribution in [1.82, 2.24) is 14.9 Å². The number of amidine groups is 1. The van der Waals surface area contributed by atoms with Crippen LogP contribution in [-0.2, 0) is 6.54 Å². The van der Waals surface area contributed by atoms with E-state index in [1.54, 1.807) is 7.11 Å². The first-order valence-electron chi connectivity index (χ1n) is 8.82. The van der Waals surface area contributed by atoms with Gasteiger partial charge in [-0.25, -0.2) is 4.98 Å². The lowest BCUT2D eigenvalue weighted by Crippen LogP contribution is -2.26. The van der Waals surface area contributed by atoms with E-state index in [1.165, 1.54) is 11.1 Å². The molecule has 0 fully saturated rings. The van der Waals surface area contributed by atoms with Gasteiger partial charge in [-0.15, -0.1) is 0 Å². The summed E-state index contributed by atoms with van der Waals surface area (Å²) in [6.45, 7) is 4.94. The first kappa shape index (κ1) is 17.1. The van der Waals surface area contributed by atoms with Crippen LogP contribution >= 0.6 is 0 Å². The average molecular weight is 362 g/mol. The van der Waals surface area contributed by atoms with Crippen LogP contribution in [0.4, 0.5) is 0 Å². The standard InChI is InChI=1S/C21H22N4O2/c1-12-8-16-17(9-13(12)2)24-21(23-16)19-18(26)11-25(20(19)22)10-14-4-6-15(27-3)7-5-14/h4-9,22,26H,10-11H2,1-3H3,(H,23,24). The van der Waals surface area contributed by atoms with Crippen LogP contribution in [0.25, 0.3) is 16.6 Å². The van der Waals surface area contributed by atoms with Gasteiger partial charge in [0.2, 0.25) is 0 Å². The van der Waals surface area contributed by atoms with Gasteiger partial charge in [-0.05, 0) is 54.8 Å². The highest BCUT2D eigenvalue weighted by Crippen LogP contribution is 2.29. The molecule has 2 heterocycles. The molecule has 1 aliphatic heterocycles. The predicted molar refractivity (Wildman–Crippen MR) is 106 cm³/mol. The van der Waals surface area contributed by atoms with Crippen molar-refractivity contribution in [1.29, 1.82) is 5.41 Å². The van der Waals surface area contributed by atoms with E-state index in [2.05, 4.69) is 16.9 Å². The number of H-pyrrole nitrogens is 1. The summed E-state index contributed by atoms with van der Waals surface area (Å²) in [5.74, 6) is 1.77. The Balaban J connectivity index is 1.60. The number of aliphatic hydroxyl groups excluding tert-OH is 1. The minimum absolute atomic E-state index is 0.168. The molecule has 138 valence electrons. The molecule has 27 heavy (non-hydrogen) atoms. The fourth-order valence-electron chi connectivity index (χ4n) is 3.36. The Hall–Kier alpha value is -3.28. The number of fused-ring (bicyclic) bond motifs is 1. The molecule has 2 aromatic carbocycles. The van der Waals surface area contributed by atoms with Crippen LogP contribution in [-0.4, -0.2) is 39.5 Å². The van der Waals surface area contributed by atoms with Crippen molar-refractivity contribution in [2.24, 2.45) is 0 Å². The molecule has 6 heteroatoms. The van der Waals surface area contributed by atoms with Crippen LogP contribution < -0.4 is 4.74 Å². The van der Waals surface area contributed by atoms with Gasteiger partial charge in [0.15, 0.2) is 0 Å². The summed E-state index contributed by atoms with van der Waals surface area (Å²) in [5, 5.41) is 19.0. The van der Waals surface area contributed by atoms with Gasteiger partial charge in [0.25, 0.3) is 0 Å². The summed E-state index contributed by atoms with van der Waals surface area (Å²) < 4.78 is 5.18. The number of aliphatic hydroxyl groups is 1. The maximum absolute atomic E-state index is 10.5. The van der Waals surface area contributed by atoms with Crippen molar-refractivity contribution in [3.63, 3.8) is 0 Å². The summed E-state index contributed by atoms with van der Waals surface area (Å²) in [4.78, 5) is 9.69. The fraction of sp³-hybridized carbons (Fsp3) is 0.238. The molecule has 6 nitrogen and oxygen atoms in total. The Bertz CT molecular complexity index is 1020. The molecular formula is C21H22N4O2. The Morgan fingerprint density at radius 2 is 1.89 bits per heavy atom. The predicted octanol–water partition coefficient (Wildman–Crippen LogP) is 3.95. The number of rotatable bonds is 4. The third-order valence-corrected chi connectivity index (χ3v) is 5.05. The van der Waals surface area contributed by atoms with Crippen molar-refractivity contribution in [2.45, 2.75) is 20.4 Å². The average Bonchev–Trinajstić information content (AvgIpc) is 3.16. The zero-order valence-electron chi connectivity index (χ0n) is 15.6. The van der Waals surface area contributed by atoms with Crippen LogP contribution in [0.2, 0.25) is 0 Å². The van der Waals surface area contributed by atoms with Gasteiger partial charge in [-0.3, -0.25) is 5.41 Å². The number of hydrogen-bond donors (Lipinski definition) is 3. The molecule has 0 spiro atoms. The molecule has 4 rings (SSSR count). The molecule has 0 radical (unpaired) electrons. The zero-order chi connectivity index (χ0) is 19.1. The first-order valence-corrected chi connectivity index (χ1v) is 8.82. The summed E-state index contributed by atoms with van der Waals surface area (Å²) >= 11 is 0. The van der Waals surface area contributed by atoms with Gasteiger partial charge in [0, 0.05) is 6.54 Å². The summed E-state index contributed by atoms with van der Waals surface area (Å²) in [6, 6.07) is 11.8. The van der Waals surface area contributed by atoms with Gasteiger partial charge in [0.1, 0.15) is 23.2 Å². The van der Waals surface area contributed by atoms with Crippen molar-refractivity contribution in [2.75, 3.05) is 13.7 Å². The van der Waals surface area contributed by atoms with Gasteiger partial charge >= 0.3 is 0 Å². The van der Waals surface area contributed by atoms with E-state index in [1.807, 2.05) is 48.2 Å². The van der Waals surface area contributed by atoms with Crippen LogP contribution in [0.1, 0.15) is 22.5 Å². The van der Waals surface area contributed by atoms with E-state index >= 15 is 0 Å². The van der Waals surface area contributed by atoms with E-state index in [0.717, 1.165) is 22.3 Å². The minimum Gasteiger partial charge on any atom is -0.510 e. The van der Waals surface area contributed by atoms with Crippen LogP contribution in [0.3, 0.4) is 0 Å². The van der Waals surface area contributed by atoms with E-state index < -0.39 is 0 Å². The molecule has 0 unspecified atom stereocenters. The minimum atomic E-state index is 0.168. The lowest BCUT2D eigenvalue weighted by atomic mass is 10.1. The van der Waals surface area contributed by atoms with Crippen LogP contribution in [0.15, 0.2) is 42.2 Å². The van der Waals surface area contributed by atoms with Gasteiger partial charge in [-0.2, -0.15) is 0 Å². The molecule has 0 saturated carbocycles. The van der Waals surface area contributed by atoms with Crippen LogP contribution in [0, 0.1) is 19.3 Å². The number of hydrogen-bond acceptors (Lipinski definition) is 4. The van der Waals surface area contributed by atoms with E-state index in [9.17, 15) is 5.11 Å². The molecular weight excluding hydrogens is 340 g/mol. The third kappa shape index (κ3) is 3.03. The molecule has 0 saturated heterocycles. The van der Waals surface area contributed by atoms with Gasteiger partial charge in [-0.1, -0.05) is 12.1 Å². The van der Waals surface area contributed by atoms with Crippen molar-refractivity contribution < 1.29 is 9.84 Å². The summed E-state index contributed by atoms with van der Waals surface area (Å²) in [7, 11) is 1.63. The van der Waals surface area contributed by atoms with Crippen LogP contribution in [0.5, 0.6) is 5.75 Å². The Labute approximate surface area is 157 Å². The molecule has 0 atom stereocenters. The first-order chi connectivity index (χ1) is 13.0. The Kier molecular flexibility index (Phi) is 4.11. The number of ether oxygens (including phenoxy) is 1. The number of imidazole rings is 1. The molecule has 3 aromatic rings. The third-order valence-electron chi connectivity index (χ3n) is 5.05. The number of methoxy groups -OCH3 is 1. The second-order valence-electron chi connectivity index (χ2n) is 6.91. The van der Waals surface area contributed by atoms with Gasteiger partial charge in [0.05, 0.1) is 30.3 Å². The fourth-order valence-corrected chi connectivity index (χ4v) is 3.36. The zero-order valence-corrected chi connectivity index (χ0v) is 15.6. The lowest BCUT2D eigenvalue weighted by Gasteiger charge is -2.18. The maximum atomic E-state index is 10.5.